The third-order valence-corrected chi connectivity index (χ3v) is 4.10. The summed E-state index contributed by atoms with van der Waals surface area (Å²) in [7, 11) is 0. The van der Waals surface area contributed by atoms with Gasteiger partial charge in [-0.25, -0.2) is 0 Å². The predicted octanol–water partition coefficient (Wildman–Crippen LogP) is 5.09. The fraction of sp³-hybridized carbons (Fsp3) is 0.467. The number of hydrogen-bond acceptors (Lipinski definition) is 1. The van der Waals surface area contributed by atoms with Crippen LogP contribution >= 0.6 is 11.6 Å². The Balaban J connectivity index is 1.91. The Hall–Kier alpha value is -0.950. The van der Waals surface area contributed by atoms with Gasteiger partial charge in [0.05, 0.1) is 0 Å². The van der Waals surface area contributed by atoms with E-state index < -0.39 is 0 Å². The van der Waals surface area contributed by atoms with Crippen molar-refractivity contribution in [2.24, 2.45) is 0 Å². The van der Waals surface area contributed by atoms with Crippen molar-refractivity contribution in [3.05, 3.63) is 36.1 Å². The first-order valence-electron chi connectivity index (χ1n) is 6.45. The van der Waals surface area contributed by atoms with Crippen LogP contribution in [0.15, 0.2) is 34.7 Å². The van der Waals surface area contributed by atoms with Crippen LogP contribution in [0.1, 0.15) is 43.8 Å². The summed E-state index contributed by atoms with van der Waals surface area (Å²) in [5.74, 6) is 1.63. The lowest BCUT2D eigenvalue weighted by molar-refractivity contribution is 0.457. The van der Waals surface area contributed by atoms with E-state index >= 15 is 0 Å². The van der Waals surface area contributed by atoms with Crippen LogP contribution in [0.3, 0.4) is 0 Å². The number of hydrogen-bond donors (Lipinski definition) is 0. The van der Waals surface area contributed by atoms with Crippen LogP contribution in [-0.2, 0) is 0 Å². The van der Waals surface area contributed by atoms with E-state index in [2.05, 4.69) is 18.2 Å². The maximum Gasteiger partial charge on any atom is 0.134 e. The van der Waals surface area contributed by atoms with Crippen LogP contribution in [0.4, 0.5) is 0 Å². The molecule has 1 heterocycles. The Kier molecular flexibility index (Phi) is 3.11. The highest BCUT2D eigenvalue weighted by Gasteiger charge is 2.22. The van der Waals surface area contributed by atoms with Crippen molar-refractivity contribution in [3.8, 4) is 0 Å². The molecule has 0 radical (unpaired) electrons. The molecular formula is C15H17ClO. The van der Waals surface area contributed by atoms with E-state index in [0.29, 0.717) is 11.3 Å². The van der Waals surface area contributed by atoms with Crippen LogP contribution in [0, 0.1) is 0 Å². The van der Waals surface area contributed by atoms with Gasteiger partial charge in [-0.05, 0) is 31.4 Å². The molecule has 90 valence electrons. The lowest BCUT2D eigenvalue weighted by atomic mass is 9.97. The lowest BCUT2D eigenvalue weighted by Gasteiger charge is -2.12. The number of rotatable bonds is 1. The van der Waals surface area contributed by atoms with E-state index in [1.54, 1.807) is 0 Å². The second kappa shape index (κ2) is 4.73. The summed E-state index contributed by atoms with van der Waals surface area (Å²) in [5.41, 5.74) is 0.998. The number of furan rings is 1. The highest BCUT2D eigenvalue weighted by Crippen LogP contribution is 2.36. The van der Waals surface area contributed by atoms with Crippen LogP contribution in [0.2, 0.25) is 0 Å². The molecule has 3 rings (SSSR count). The lowest BCUT2D eigenvalue weighted by Crippen LogP contribution is -2.03. The van der Waals surface area contributed by atoms with Crippen LogP contribution in [0.25, 0.3) is 11.0 Å². The fourth-order valence-electron chi connectivity index (χ4n) is 2.76. The van der Waals surface area contributed by atoms with Crippen LogP contribution < -0.4 is 0 Å². The van der Waals surface area contributed by atoms with E-state index in [1.165, 1.54) is 24.6 Å². The average molecular weight is 249 g/mol. The van der Waals surface area contributed by atoms with Gasteiger partial charge < -0.3 is 4.42 Å². The zero-order valence-corrected chi connectivity index (χ0v) is 10.6. The van der Waals surface area contributed by atoms with Gasteiger partial charge in [-0.3, -0.25) is 0 Å². The molecule has 1 fully saturated rings. The van der Waals surface area contributed by atoms with E-state index in [4.69, 9.17) is 16.0 Å². The molecule has 1 saturated carbocycles. The second-order valence-corrected chi connectivity index (χ2v) is 5.62. The van der Waals surface area contributed by atoms with Crippen molar-refractivity contribution in [1.29, 1.82) is 0 Å². The van der Waals surface area contributed by atoms with Gasteiger partial charge in [0.2, 0.25) is 0 Å². The zero-order valence-electron chi connectivity index (χ0n) is 9.86. The average Bonchev–Trinajstić information content (AvgIpc) is 2.65. The molecule has 0 amide bonds. The zero-order chi connectivity index (χ0) is 11.7. The molecule has 2 unspecified atom stereocenters. The molecule has 1 aliphatic rings. The van der Waals surface area contributed by atoms with Gasteiger partial charge in [-0.1, -0.05) is 31.0 Å². The molecule has 1 aliphatic carbocycles. The highest BCUT2D eigenvalue weighted by atomic mass is 35.5. The summed E-state index contributed by atoms with van der Waals surface area (Å²) >= 11 is 6.32. The van der Waals surface area contributed by atoms with E-state index in [-0.39, 0.29) is 0 Å². The van der Waals surface area contributed by atoms with Gasteiger partial charge in [-0.2, -0.15) is 0 Å². The molecule has 0 bridgehead atoms. The van der Waals surface area contributed by atoms with Gasteiger partial charge in [-0.15, -0.1) is 11.6 Å². The first kappa shape index (κ1) is 11.2. The van der Waals surface area contributed by atoms with E-state index in [9.17, 15) is 0 Å². The molecule has 0 saturated heterocycles. The Bertz CT molecular complexity index is 469. The van der Waals surface area contributed by atoms with Crippen molar-refractivity contribution in [2.75, 3.05) is 0 Å². The Morgan fingerprint density at radius 3 is 2.82 bits per heavy atom. The topological polar surface area (TPSA) is 13.1 Å². The SMILES string of the molecule is ClC1CCCCC(c2cc3ccccc3o2)C1. The maximum atomic E-state index is 6.32. The highest BCUT2D eigenvalue weighted by molar-refractivity contribution is 6.20. The summed E-state index contributed by atoms with van der Waals surface area (Å²) < 4.78 is 5.95. The first-order valence-corrected chi connectivity index (χ1v) is 6.89. The van der Waals surface area contributed by atoms with Gasteiger partial charge in [0.25, 0.3) is 0 Å². The minimum absolute atomic E-state index is 0.315. The third-order valence-electron chi connectivity index (χ3n) is 3.71. The summed E-state index contributed by atoms with van der Waals surface area (Å²) in [6.07, 6.45) is 5.94. The largest absolute Gasteiger partial charge is 0.461 e. The van der Waals surface area contributed by atoms with Crippen LogP contribution in [0.5, 0.6) is 0 Å². The predicted molar refractivity (Wildman–Crippen MR) is 71.7 cm³/mol. The van der Waals surface area contributed by atoms with Gasteiger partial charge in [0.15, 0.2) is 0 Å². The first-order chi connectivity index (χ1) is 8.33. The van der Waals surface area contributed by atoms with Gasteiger partial charge >= 0.3 is 0 Å². The molecule has 0 N–H and O–H groups in total. The molecule has 2 atom stereocenters. The molecule has 2 aromatic rings. The molecule has 1 aromatic carbocycles. The van der Waals surface area contributed by atoms with Crippen molar-refractivity contribution in [3.63, 3.8) is 0 Å². The molecule has 17 heavy (non-hydrogen) atoms. The van der Waals surface area contributed by atoms with Crippen molar-refractivity contribution in [1.82, 2.24) is 0 Å². The Morgan fingerprint density at radius 1 is 1.12 bits per heavy atom. The fourth-order valence-corrected chi connectivity index (χ4v) is 3.13. The molecule has 2 heteroatoms. The second-order valence-electron chi connectivity index (χ2n) is 5.00. The van der Waals surface area contributed by atoms with Gasteiger partial charge in [0, 0.05) is 16.7 Å². The van der Waals surface area contributed by atoms with Gasteiger partial charge in [0.1, 0.15) is 11.3 Å². The minimum atomic E-state index is 0.315. The van der Waals surface area contributed by atoms with Crippen LogP contribution in [-0.4, -0.2) is 5.38 Å². The van der Waals surface area contributed by atoms with E-state index in [0.717, 1.165) is 24.2 Å². The summed E-state index contributed by atoms with van der Waals surface area (Å²) in [6.45, 7) is 0. The number of benzene rings is 1. The molecule has 1 aromatic heterocycles. The normalized spacial score (nSPS) is 25.9. The standard InChI is InChI=1S/C15H17ClO/c16-13-7-3-1-5-11(9-13)15-10-12-6-2-4-8-14(12)17-15/h2,4,6,8,10-11,13H,1,3,5,7,9H2. The summed E-state index contributed by atoms with van der Waals surface area (Å²) in [6, 6.07) is 10.4. The minimum Gasteiger partial charge on any atom is -0.461 e. The number of alkyl halides is 1. The quantitative estimate of drug-likeness (QED) is 0.506. The monoisotopic (exact) mass is 248 g/mol. The maximum absolute atomic E-state index is 6.32. The Morgan fingerprint density at radius 2 is 1.94 bits per heavy atom. The molecule has 1 nitrogen and oxygen atoms in total. The number of halogens is 1. The van der Waals surface area contributed by atoms with Crippen molar-refractivity contribution < 1.29 is 4.42 Å². The number of fused-ring (bicyclic) bond motifs is 1. The Labute approximate surface area is 107 Å². The number of para-hydroxylation sites is 1. The molecular weight excluding hydrogens is 232 g/mol. The summed E-state index contributed by atoms with van der Waals surface area (Å²) in [5, 5.41) is 1.52. The van der Waals surface area contributed by atoms with Crippen molar-refractivity contribution >= 4 is 22.6 Å². The molecule has 0 aliphatic heterocycles. The van der Waals surface area contributed by atoms with E-state index in [1.807, 2.05) is 12.1 Å². The van der Waals surface area contributed by atoms with Crippen molar-refractivity contribution in [2.45, 2.75) is 43.4 Å². The summed E-state index contributed by atoms with van der Waals surface area (Å²) in [4.78, 5) is 0. The third kappa shape index (κ3) is 2.35. The molecule has 0 spiro atoms. The smallest absolute Gasteiger partial charge is 0.134 e.